The van der Waals surface area contributed by atoms with Crippen LogP contribution in [0.5, 0.6) is 0 Å². The minimum atomic E-state index is 0.137. The standard InChI is InChI=1S/C51H35N5/c52-50(54-51(37-20-9-3-10-21-37)53-34-35-16-5-1-6-17-35)39-22-15-25-41(30-39)56-46-27-14-13-26-42(46)44-32-45-43-29-28-38(36-18-7-2-8-19-36)31-47(43)55(48(45)33-49(44)56)40-23-11-4-12-24-40/h1-34,52H. The number of para-hydroxylation sites is 2. The third-order valence-corrected chi connectivity index (χ3v) is 10.4. The van der Waals surface area contributed by atoms with Crippen LogP contribution in [0.15, 0.2) is 210 Å². The van der Waals surface area contributed by atoms with E-state index in [2.05, 4.69) is 137 Å². The summed E-state index contributed by atoms with van der Waals surface area (Å²) in [6.45, 7) is 0. The van der Waals surface area contributed by atoms with Gasteiger partial charge < -0.3 is 9.13 Å². The smallest absolute Gasteiger partial charge is 0.161 e. The Hall–Kier alpha value is -7.63. The molecule has 2 heterocycles. The van der Waals surface area contributed by atoms with Gasteiger partial charge in [-0.3, -0.25) is 5.41 Å². The van der Waals surface area contributed by atoms with Gasteiger partial charge in [0.25, 0.3) is 0 Å². The van der Waals surface area contributed by atoms with Crippen molar-refractivity contribution in [3.05, 3.63) is 217 Å². The van der Waals surface area contributed by atoms with Gasteiger partial charge in [0, 0.05) is 50.3 Å². The van der Waals surface area contributed by atoms with E-state index in [0.29, 0.717) is 11.4 Å². The first kappa shape index (κ1) is 33.0. The van der Waals surface area contributed by atoms with Crippen LogP contribution in [-0.2, 0) is 0 Å². The Morgan fingerprint density at radius 3 is 1.73 bits per heavy atom. The fourth-order valence-corrected chi connectivity index (χ4v) is 7.82. The van der Waals surface area contributed by atoms with Crippen molar-refractivity contribution in [1.82, 2.24) is 9.13 Å². The molecule has 0 saturated heterocycles. The molecule has 0 amide bonds. The molecule has 0 aliphatic rings. The molecule has 0 bridgehead atoms. The van der Waals surface area contributed by atoms with E-state index >= 15 is 0 Å². The first-order valence-electron chi connectivity index (χ1n) is 18.7. The predicted octanol–water partition coefficient (Wildman–Crippen LogP) is 12.4. The first-order chi connectivity index (χ1) is 27.7. The minimum absolute atomic E-state index is 0.137. The van der Waals surface area contributed by atoms with Crippen LogP contribution in [0.25, 0.3) is 66.1 Å². The summed E-state index contributed by atoms with van der Waals surface area (Å²) < 4.78 is 4.71. The molecule has 5 heteroatoms. The van der Waals surface area contributed by atoms with Gasteiger partial charge in [-0.25, -0.2) is 9.98 Å². The molecule has 5 nitrogen and oxygen atoms in total. The fourth-order valence-electron chi connectivity index (χ4n) is 7.82. The average molecular weight is 718 g/mol. The van der Waals surface area contributed by atoms with Crippen LogP contribution in [0.2, 0.25) is 0 Å². The number of amidine groups is 2. The Balaban J connectivity index is 1.15. The summed E-state index contributed by atoms with van der Waals surface area (Å²) in [7, 11) is 0. The number of rotatable bonds is 6. The summed E-state index contributed by atoms with van der Waals surface area (Å²) in [6, 6.07) is 69.2. The summed E-state index contributed by atoms with van der Waals surface area (Å²) in [5, 5.41) is 14.0. The highest BCUT2D eigenvalue weighted by Crippen LogP contribution is 2.40. The lowest BCUT2D eigenvalue weighted by molar-refractivity contribution is 1.16. The lowest BCUT2D eigenvalue weighted by atomic mass is 10.0. The maximum Gasteiger partial charge on any atom is 0.161 e. The molecule has 0 radical (unpaired) electrons. The highest BCUT2D eigenvalue weighted by molar-refractivity contribution is 6.20. The van der Waals surface area contributed by atoms with Crippen LogP contribution in [-0.4, -0.2) is 27.0 Å². The number of nitrogens with zero attached hydrogens (tertiary/aromatic N) is 4. The Labute approximate surface area is 324 Å². The first-order valence-corrected chi connectivity index (χ1v) is 18.7. The zero-order valence-electron chi connectivity index (χ0n) is 30.4. The second-order valence-corrected chi connectivity index (χ2v) is 13.9. The van der Waals surface area contributed by atoms with Gasteiger partial charge in [-0.2, -0.15) is 0 Å². The lowest BCUT2D eigenvalue weighted by Crippen LogP contribution is -2.05. The highest BCUT2D eigenvalue weighted by atomic mass is 15.0. The molecule has 264 valence electrons. The van der Waals surface area contributed by atoms with Crippen LogP contribution in [0.4, 0.5) is 0 Å². The van der Waals surface area contributed by atoms with E-state index in [1.54, 1.807) is 6.21 Å². The number of aromatic nitrogens is 2. The predicted molar refractivity (Wildman–Crippen MR) is 234 cm³/mol. The van der Waals surface area contributed by atoms with Crippen LogP contribution in [0.1, 0.15) is 16.7 Å². The van der Waals surface area contributed by atoms with Crippen LogP contribution < -0.4 is 0 Å². The second kappa shape index (κ2) is 14.0. The molecule has 2 aromatic heterocycles. The van der Waals surface area contributed by atoms with E-state index in [1.165, 1.54) is 32.7 Å². The molecule has 0 saturated carbocycles. The number of benzene rings is 8. The minimum Gasteiger partial charge on any atom is -0.309 e. The number of fused-ring (bicyclic) bond motifs is 6. The van der Waals surface area contributed by atoms with Crippen LogP contribution in [0.3, 0.4) is 0 Å². The van der Waals surface area contributed by atoms with Gasteiger partial charge in [0.2, 0.25) is 0 Å². The van der Waals surface area contributed by atoms with Gasteiger partial charge in [-0.1, -0.05) is 152 Å². The van der Waals surface area contributed by atoms with Gasteiger partial charge in [-0.05, 0) is 65.2 Å². The van der Waals surface area contributed by atoms with Crippen molar-refractivity contribution in [2.45, 2.75) is 0 Å². The third kappa shape index (κ3) is 5.88. The second-order valence-electron chi connectivity index (χ2n) is 13.9. The Morgan fingerprint density at radius 2 is 0.982 bits per heavy atom. The maximum atomic E-state index is 9.24. The van der Waals surface area contributed by atoms with Crippen molar-refractivity contribution >= 4 is 61.5 Å². The molecule has 0 spiro atoms. The van der Waals surface area contributed by atoms with Crippen molar-refractivity contribution in [2.75, 3.05) is 0 Å². The molecule has 10 aromatic rings. The molecule has 0 aliphatic carbocycles. The fraction of sp³-hybridized carbons (Fsp3) is 0. The molecule has 0 fully saturated rings. The van der Waals surface area contributed by atoms with Gasteiger partial charge in [-0.15, -0.1) is 0 Å². The molecular weight excluding hydrogens is 683 g/mol. The topological polar surface area (TPSA) is 58.4 Å². The van der Waals surface area contributed by atoms with E-state index in [1.807, 2.05) is 72.8 Å². The molecule has 56 heavy (non-hydrogen) atoms. The van der Waals surface area contributed by atoms with Crippen molar-refractivity contribution in [2.24, 2.45) is 9.98 Å². The Kier molecular flexibility index (Phi) is 8.23. The molecule has 0 unspecified atom stereocenters. The summed E-state index contributed by atoms with van der Waals surface area (Å²) in [5.74, 6) is 0.616. The van der Waals surface area contributed by atoms with Crippen LogP contribution >= 0.6 is 0 Å². The number of aliphatic imine (C=N–C) groups is 2. The molecule has 0 aliphatic heterocycles. The number of nitrogens with one attached hydrogen (secondary N) is 1. The normalized spacial score (nSPS) is 12.0. The SMILES string of the molecule is N=C(N=C(N=Cc1ccccc1)c1ccccc1)c1cccc(-n2c3ccccc3c3cc4c5ccc(-c6ccccc6)cc5n(-c5ccccc5)c4cc32)c1. The van der Waals surface area contributed by atoms with Crippen molar-refractivity contribution in [3.8, 4) is 22.5 Å². The summed E-state index contributed by atoms with van der Waals surface area (Å²) >= 11 is 0. The summed E-state index contributed by atoms with van der Waals surface area (Å²) in [6.07, 6.45) is 1.80. The largest absolute Gasteiger partial charge is 0.309 e. The number of hydrogen-bond donors (Lipinski definition) is 1. The van der Waals surface area contributed by atoms with Gasteiger partial charge in [0.05, 0.1) is 22.1 Å². The van der Waals surface area contributed by atoms with Crippen LogP contribution in [0, 0.1) is 5.41 Å². The molecule has 8 aromatic carbocycles. The Morgan fingerprint density at radius 1 is 0.411 bits per heavy atom. The quantitative estimate of drug-likeness (QED) is 0.132. The van der Waals surface area contributed by atoms with Crippen molar-refractivity contribution in [3.63, 3.8) is 0 Å². The monoisotopic (exact) mass is 717 g/mol. The van der Waals surface area contributed by atoms with Gasteiger partial charge in [0.15, 0.2) is 11.7 Å². The summed E-state index contributed by atoms with van der Waals surface area (Å²) in [4.78, 5) is 9.57. The van der Waals surface area contributed by atoms with E-state index < -0.39 is 0 Å². The lowest BCUT2D eigenvalue weighted by Gasteiger charge is -2.11. The van der Waals surface area contributed by atoms with Crippen molar-refractivity contribution < 1.29 is 0 Å². The summed E-state index contributed by atoms with van der Waals surface area (Å²) in [5.41, 5.74) is 11.4. The van der Waals surface area contributed by atoms with E-state index in [-0.39, 0.29) is 5.84 Å². The molecule has 10 rings (SSSR count). The zero-order valence-corrected chi connectivity index (χ0v) is 30.4. The third-order valence-electron chi connectivity index (χ3n) is 10.4. The molecule has 0 atom stereocenters. The highest BCUT2D eigenvalue weighted by Gasteiger charge is 2.19. The zero-order chi connectivity index (χ0) is 37.4. The van der Waals surface area contributed by atoms with E-state index in [9.17, 15) is 5.41 Å². The van der Waals surface area contributed by atoms with Crippen molar-refractivity contribution in [1.29, 1.82) is 5.41 Å². The maximum absolute atomic E-state index is 9.24. The van der Waals surface area contributed by atoms with Gasteiger partial charge in [0.1, 0.15) is 0 Å². The number of hydrogen-bond acceptors (Lipinski definition) is 1. The molecule has 1 N–H and O–H groups in total. The Bertz CT molecular complexity index is 3120. The van der Waals surface area contributed by atoms with E-state index in [0.717, 1.165) is 44.6 Å². The van der Waals surface area contributed by atoms with Gasteiger partial charge >= 0.3 is 0 Å². The molecular formula is C51H35N5. The van der Waals surface area contributed by atoms with E-state index in [4.69, 9.17) is 9.98 Å². The average Bonchev–Trinajstić information content (AvgIpc) is 3.77.